The molecule has 0 heterocycles. The SMILES string of the molecule is Cc1cc(C)cc(Nc2c(F)cc(C#N)cc2F)c1. The summed E-state index contributed by atoms with van der Waals surface area (Å²) in [5, 5.41) is 11.4. The molecule has 0 saturated carbocycles. The van der Waals surface area contributed by atoms with Crippen LogP contribution in [-0.2, 0) is 0 Å². The number of benzene rings is 2. The van der Waals surface area contributed by atoms with E-state index >= 15 is 0 Å². The number of nitriles is 1. The van der Waals surface area contributed by atoms with Gasteiger partial charge in [0.2, 0.25) is 0 Å². The number of hydrogen-bond donors (Lipinski definition) is 1. The Morgan fingerprint density at radius 2 is 1.47 bits per heavy atom. The Labute approximate surface area is 110 Å². The van der Waals surface area contributed by atoms with Crippen LogP contribution in [0.4, 0.5) is 20.2 Å². The van der Waals surface area contributed by atoms with E-state index in [-0.39, 0.29) is 11.3 Å². The summed E-state index contributed by atoms with van der Waals surface area (Å²) in [6, 6.07) is 9.29. The maximum atomic E-state index is 13.7. The third-order valence-corrected chi connectivity index (χ3v) is 2.66. The molecule has 0 aliphatic heterocycles. The highest BCUT2D eigenvalue weighted by Crippen LogP contribution is 2.25. The predicted molar refractivity (Wildman–Crippen MR) is 70.3 cm³/mol. The largest absolute Gasteiger partial charge is 0.351 e. The highest BCUT2D eigenvalue weighted by Gasteiger charge is 2.11. The Morgan fingerprint density at radius 1 is 0.947 bits per heavy atom. The van der Waals surface area contributed by atoms with Crippen molar-refractivity contribution in [2.75, 3.05) is 5.32 Å². The Balaban J connectivity index is 2.41. The topological polar surface area (TPSA) is 35.8 Å². The Hall–Kier alpha value is -2.41. The molecule has 0 saturated heterocycles. The van der Waals surface area contributed by atoms with Crippen LogP contribution in [0, 0.1) is 36.8 Å². The molecule has 0 fully saturated rings. The lowest BCUT2D eigenvalue weighted by Crippen LogP contribution is -1.99. The van der Waals surface area contributed by atoms with E-state index in [4.69, 9.17) is 5.26 Å². The summed E-state index contributed by atoms with van der Waals surface area (Å²) >= 11 is 0. The lowest BCUT2D eigenvalue weighted by Gasteiger charge is -2.10. The number of anilines is 2. The minimum absolute atomic E-state index is 0.0408. The van der Waals surface area contributed by atoms with E-state index in [1.165, 1.54) is 0 Å². The van der Waals surface area contributed by atoms with Crippen molar-refractivity contribution in [3.05, 3.63) is 58.7 Å². The van der Waals surface area contributed by atoms with Gasteiger partial charge in [0.05, 0.1) is 11.6 Å². The van der Waals surface area contributed by atoms with E-state index in [1.54, 1.807) is 18.2 Å². The van der Waals surface area contributed by atoms with Crippen molar-refractivity contribution in [2.24, 2.45) is 0 Å². The van der Waals surface area contributed by atoms with Crippen LogP contribution < -0.4 is 5.32 Å². The molecule has 0 spiro atoms. The molecule has 0 amide bonds. The normalized spacial score (nSPS) is 10.1. The molecule has 0 aliphatic carbocycles. The minimum Gasteiger partial charge on any atom is -0.351 e. The fourth-order valence-electron chi connectivity index (χ4n) is 1.95. The second-order valence-electron chi connectivity index (χ2n) is 4.43. The predicted octanol–water partition coefficient (Wildman–Crippen LogP) is 4.20. The van der Waals surface area contributed by atoms with Crippen molar-refractivity contribution in [2.45, 2.75) is 13.8 Å². The van der Waals surface area contributed by atoms with Gasteiger partial charge in [-0.15, -0.1) is 0 Å². The zero-order chi connectivity index (χ0) is 14.0. The molecule has 0 aliphatic rings. The van der Waals surface area contributed by atoms with Crippen LogP contribution in [0.5, 0.6) is 0 Å². The second kappa shape index (κ2) is 5.07. The Morgan fingerprint density at radius 3 is 1.95 bits per heavy atom. The molecule has 0 aromatic heterocycles. The second-order valence-corrected chi connectivity index (χ2v) is 4.43. The molecular formula is C15H12F2N2. The smallest absolute Gasteiger partial charge is 0.150 e. The van der Waals surface area contributed by atoms with Gasteiger partial charge in [0.15, 0.2) is 11.6 Å². The average molecular weight is 258 g/mol. The lowest BCUT2D eigenvalue weighted by molar-refractivity contribution is 0.590. The first-order valence-corrected chi connectivity index (χ1v) is 5.74. The maximum Gasteiger partial charge on any atom is 0.150 e. The Bertz CT molecular complexity index is 629. The zero-order valence-corrected chi connectivity index (χ0v) is 10.6. The lowest BCUT2D eigenvalue weighted by atomic mass is 10.1. The monoisotopic (exact) mass is 258 g/mol. The van der Waals surface area contributed by atoms with Crippen LogP contribution in [0.15, 0.2) is 30.3 Å². The van der Waals surface area contributed by atoms with Crippen molar-refractivity contribution in [1.29, 1.82) is 5.26 Å². The first-order chi connectivity index (χ1) is 8.99. The molecular weight excluding hydrogens is 246 g/mol. The third kappa shape index (κ3) is 2.89. The van der Waals surface area contributed by atoms with Gasteiger partial charge in [-0.1, -0.05) is 6.07 Å². The van der Waals surface area contributed by atoms with Crippen molar-refractivity contribution in [1.82, 2.24) is 0 Å². The number of aryl methyl sites for hydroxylation is 2. The molecule has 2 rings (SSSR count). The van der Waals surface area contributed by atoms with Crippen molar-refractivity contribution in [3.63, 3.8) is 0 Å². The first-order valence-electron chi connectivity index (χ1n) is 5.74. The van der Waals surface area contributed by atoms with Crippen LogP contribution >= 0.6 is 0 Å². The number of hydrogen-bond acceptors (Lipinski definition) is 2. The van der Waals surface area contributed by atoms with Gasteiger partial charge in [0, 0.05) is 5.69 Å². The van der Waals surface area contributed by atoms with Crippen LogP contribution in [-0.4, -0.2) is 0 Å². The molecule has 96 valence electrons. The highest BCUT2D eigenvalue weighted by molar-refractivity contribution is 5.63. The fraction of sp³-hybridized carbons (Fsp3) is 0.133. The van der Waals surface area contributed by atoms with E-state index in [1.807, 2.05) is 19.9 Å². The van der Waals surface area contributed by atoms with Gasteiger partial charge in [0.1, 0.15) is 5.69 Å². The molecule has 19 heavy (non-hydrogen) atoms. The van der Waals surface area contributed by atoms with Gasteiger partial charge in [-0.3, -0.25) is 0 Å². The van der Waals surface area contributed by atoms with Gasteiger partial charge in [-0.2, -0.15) is 5.26 Å². The van der Waals surface area contributed by atoms with E-state index in [9.17, 15) is 8.78 Å². The van der Waals surface area contributed by atoms with Crippen molar-refractivity contribution < 1.29 is 8.78 Å². The van der Waals surface area contributed by atoms with Crippen LogP contribution in [0.25, 0.3) is 0 Å². The van der Waals surface area contributed by atoms with Gasteiger partial charge in [0.25, 0.3) is 0 Å². The number of rotatable bonds is 2. The molecule has 0 unspecified atom stereocenters. The molecule has 2 aromatic carbocycles. The fourth-order valence-corrected chi connectivity index (χ4v) is 1.95. The maximum absolute atomic E-state index is 13.7. The number of nitrogens with one attached hydrogen (secondary N) is 1. The number of halogens is 2. The van der Waals surface area contributed by atoms with Crippen molar-refractivity contribution in [3.8, 4) is 6.07 Å². The van der Waals surface area contributed by atoms with Crippen LogP contribution in [0.2, 0.25) is 0 Å². The Kier molecular flexibility index (Phi) is 3.48. The van der Waals surface area contributed by atoms with Crippen LogP contribution in [0.1, 0.15) is 16.7 Å². The van der Waals surface area contributed by atoms with E-state index in [0.717, 1.165) is 23.3 Å². The summed E-state index contributed by atoms with van der Waals surface area (Å²) in [6.07, 6.45) is 0. The number of nitrogens with zero attached hydrogens (tertiary/aromatic N) is 1. The quantitative estimate of drug-likeness (QED) is 0.876. The van der Waals surface area contributed by atoms with Gasteiger partial charge in [-0.25, -0.2) is 8.78 Å². The van der Waals surface area contributed by atoms with Gasteiger partial charge in [-0.05, 0) is 49.2 Å². The molecule has 0 atom stereocenters. The molecule has 2 nitrogen and oxygen atoms in total. The molecule has 1 N–H and O–H groups in total. The molecule has 2 aromatic rings. The zero-order valence-electron chi connectivity index (χ0n) is 10.6. The summed E-state index contributed by atoms with van der Waals surface area (Å²) in [7, 11) is 0. The minimum atomic E-state index is -0.782. The van der Waals surface area contributed by atoms with Crippen molar-refractivity contribution >= 4 is 11.4 Å². The average Bonchev–Trinajstić information content (AvgIpc) is 2.32. The summed E-state index contributed by atoms with van der Waals surface area (Å²) in [4.78, 5) is 0. The molecule has 0 bridgehead atoms. The highest BCUT2D eigenvalue weighted by atomic mass is 19.1. The molecule has 4 heteroatoms. The summed E-state index contributed by atoms with van der Waals surface area (Å²) in [5.41, 5.74) is 2.32. The van der Waals surface area contributed by atoms with E-state index in [0.29, 0.717) is 5.69 Å². The van der Waals surface area contributed by atoms with E-state index < -0.39 is 11.6 Å². The summed E-state index contributed by atoms with van der Waals surface area (Å²) < 4.78 is 27.5. The standard InChI is InChI=1S/C15H12F2N2/c1-9-3-10(2)5-12(4-9)19-15-13(16)6-11(8-18)7-14(15)17/h3-7,19H,1-2H3. The van der Waals surface area contributed by atoms with Gasteiger partial charge < -0.3 is 5.32 Å². The first kappa shape index (κ1) is 13.0. The van der Waals surface area contributed by atoms with Crippen LogP contribution in [0.3, 0.4) is 0 Å². The van der Waals surface area contributed by atoms with E-state index in [2.05, 4.69) is 5.32 Å². The summed E-state index contributed by atoms with van der Waals surface area (Å²) in [6.45, 7) is 3.81. The summed E-state index contributed by atoms with van der Waals surface area (Å²) in [5.74, 6) is -1.56. The molecule has 0 radical (unpaired) electrons. The third-order valence-electron chi connectivity index (χ3n) is 2.66. The van der Waals surface area contributed by atoms with Gasteiger partial charge >= 0.3 is 0 Å².